The minimum atomic E-state index is -0.274. The van der Waals surface area contributed by atoms with Gasteiger partial charge in [-0.05, 0) is 39.0 Å². The molecule has 1 fully saturated rings. The molecule has 0 bridgehead atoms. The first kappa shape index (κ1) is 13.5. The molecule has 0 aromatic heterocycles. The summed E-state index contributed by atoms with van der Waals surface area (Å²) in [5, 5.41) is 0. The molecule has 0 heterocycles. The first-order valence-electron chi connectivity index (χ1n) is 6.42. The number of hydrogen-bond acceptors (Lipinski definition) is 3. The number of carbonyl (C=O) groups excluding carboxylic acids is 1. The first-order valence-corrected chi connectivity index (χ1v) is 6.42. The van der Waals surface area contributed by atoms with Gasteiger partial charge in [0.05, 0.1) is 6.61 Å². The highest BCUT2D eigenvalue weighted by atomic mass is 16.5. The van der Waals surface area contributed by atoms with E-state index in [0.717, 1.165) is 0 Å². The van der Waals surface area contributed by atoms with E-state index in [0.29, 0.717) is 25.4 Å². The van der Waals surface area contributed by atoms with Crippen LogP contribution in [0, 0.1) is 5.92 Å². The van der Waals surface area contributed by atoms with Gasteiger partial charge in [-0.2, -0.15) is 0 Å². The summed E-state index contributed by atoms with van der Waals surface area (Å²) in [5.41, 5.74) is 5.54. The number of ether oxygens (including phenoxy) is 1. The molecule has 16 heavy (non-hydrogen) atoms. The molecule has 1 aliphatic carbocycles. The summed E-state index contributed by atoms with van der Waals surface area (Å²) in [7, 11) is 0. The summed E-state index contributed by atoms with van der Waals surface area (Å²) in [5.74, 6) is 0.507. The number of hydrogen-bond donors (Lipinski definition) is 1. The van der Waals surface area contributed by atoms with Gasteiger partial charge >= 0.3 is 5.97 Å². The van der Waals surface area contributed by atoms with E-state index in [9.17, 15) is 4.79 Å². The highest BCUT2D eigenvalue weighted by Crippen LogP contribution is 2.23. The second kappa shape index (κ2) is 6.24. The predicted molar refractivity (Wildman–Crippen MR) is 65.0 cm³/mol. The van der Waals surface area contributed by atoms with Crippen molar-refractivity contribution >= 4 is 5.97 Å². The quantitative estimate of drug-likeness (QED) is 0.735. The van der Waals surface area contributed by atoms with Crippen LogP contribution in [-0.4, -0.2) is 18.1 Å². The topological polar surface area (TPSA) is 52.3 Å². The Balaban J connectivity index is 2.09. The second-order valence-corrected chi connectivity index (χ2v) is 5.68. The Morgan fingerprint density at radius 3 is 2.50 bits per heavy atom. The third-order valence-corrected chi connectivity index (χ3v) is 3.18. The third-order valence-electron chi connectivity index (χ3n) is 3.18. The van der Waals surface area contributed by atoms with Crippen molar-refractivity contribution in [1.29, 1.82) is 0 Å². The molecule has 2 N–H and O–H groups in total. The Bertz CT molecular complexity index is 214. The second-order valence-electron chi connectivity index (χ2n) is 5.68. The van der Waals surface area contributed by atoms with Crippen LogP contribution in [0.25, 0.3) is 0 Å². The van der Waals surface area contributed by atoms with E-state index in [2.05, 4.69) is 0 Å². The van der Waals surface area contributed by atoms with Gasteiger partial charge in [0, 0.05) is 12.0 Å². The SMILES string of the molecule is CC(C)(N)CCC(=O)OCC1CCCCC1. The molecule has 0 radical (unpaired) electrons. The molecule has 1 saturated carbocycles. The molecule has 0 amide bonds. The van der Waals surface area contributed by atoms with Crippen molar-refractivity contribution in [2.24, 2.45) is 11.7 Å². The molecule has 0 unspecified atom stereocenters. The van der Waals surface area contributed by atoms with Crippen molar-refractivity contribution in [3.8, 4) is 0 Å². The maximum absolute atomic E-state index is 11.5. The Labute approximate surface area is 98.7 Å². The van der Waals surface area contributed by atoms with Crippen molar-refractivity contribution in [3.05, 3.63) is 0 Å². The zero-order chi connectivity index (χ0) is 12.0. The van der Waals surface area contributed by atoms with E-state index in [1.807, 2.05) is 13.8 Å². The van der Waals surface area contributed by atoms with Crippen LogP contribution in [0.1, 0.15) is 58.8 Å². The molecule has 0 atom stereocenters. The predicted octanol–water partition coefficient (Wildman–Crippen LogP) is 2.63. The molecule has 0 aromatic carbocycles. The molecule has 0 aliphatic heterocycles. The van der Waals surface area contributed by atoms with Gasteiger partial charge in [-0.15, -0.1) is 0 Å². The van der Waals surface area contributed by atoms with E-state index in [1.165, 1.54) is 32.1 Å². The summed E-state index contributed by atoms with van der Waals surface area (Å²) < 4.78 is 5.28. The molecular formula is C13H25NO2. The molecule has 0 aromatic rings. The fraction of sp³-hybridized carbons (Fsp3) is 0.923. The van der Waals surface area contributed by atoms with Crippen LogP contribution in [0.5, 0.6) is 0 Å². The summed E-state index contributed by atoms with van der Waals surface area (Å²) in [4.78, 5) is 11.5. The number of esters is 1. The van der Waals surface area contributed by atoms with E-state index in [1.54, 1.807) is 0 Å². The lowest BCUT2D eigenvalue weighted by atomic mass is 9.90. The number of carbonyl (C=O) groups is 1. The lowest BCUT2D eigenvalue weighted by molar-refractivity contribution is -0.145. The van der Waals surface area contributed by atoms with Crippen LogP contribution >= 0.6 is 0 Å². The molecule has 94 valence electrons. The lowest BCUT2D eigenvalue weighted by Crippen LogP contribution is -2.32. The minimum absolute atomic E-state index is 0.0934. The Morgan fingerprint density at radius 1 is 1.31 bits per heavy atom. The molecule has 3 heteroatoms. The van der Waals surface area contributed by atoms with Crippen LogP contribution in [0.15, 0.2) is 0 Å². The van der Waals surface area contributed by atoms with Crippen LogP contribution in [0.2, 0.25) is 0 Å². The summed E-state index contributed by atoms with van der Waals surface area (Å²) >= 11 is 0. The van der Waals surface area contributed by atoms with Crippen molar-refractivity contribution in [1.82, 2.24) is 0 Å². The maximum Gasteiger partial charge on any atom is 0.305 e. The highest BCUT2D eigenvalue weighted by molar-refractivity contribution is 5.69. The normalized spacial score (nSPS) is 18.4. The van der Waals surface area contributed by atoms with Crippen molar-refractivity contribution in [2.75, 3.05) is 6.61 Å². The van der Waals surface area contributed by atoms with Gasteiger partial charge in [-0.25, -0.2) is 0 Å². The molecule has 3 nitrogen and oxygen atoms in total. The average molecular weight is 227 g/mol. The maximum atomic E-state index is 11.5. The van der Waals surface area contributed by atoms with Gasteiger partial charge < -0.3 is 10.5 Å². The van der Waals surface area contributed by atoms with Gasteiger partial charge in [0.1, 0.15) is 0 Å². The molecule has 0 spiro atoms. The Morgan fingerprint density at radius 2 is 1.94 bits per heavy atom. The highest BCUT2D eigenvalue weighted by Gasteiger charge is 2.17. The van der Waals surface area contributed by atoms with Gasteiger partial charge in [-0.1, -0.05) is 19.3 Å². The number of nitrogens with two attached hydrogens (primary N) is 1. The van der Waals surface area contributed by atoms with Crippen molar-refractivity contribution in [3.63, 3.8) is 0 Å². The van der Waals surface area contributed by atoms with Crippen LogP contribution in [0.3, 0.4) is 0 Å². The summed E-state index contributed by atoms with van der Waals surface area (Å²) in [6.07, 6.45) is 7.49. The zero-order valence-electron chi connectivity index (χ0n) is 10.6. The van der Waals surface area contributed by atoms with E-state index in [4.69, 9.17) is 10.5 Å². The van der Waals surface area contributed by atoms with E-state index >= 15 is 0 Å². The Kier molecular flexibility index (Phi) is 5.26. The fourth-order valence-electron chi connectivity index (χ4n) is 2.06. The van der Waals surface area contributed by atoms with E-state index in [-0.39, 0.29) is 11.5 Å². The largest absolute Gasteiger partial charge is 0.465 e. The monoisotopic (exact) mass is 227 g/mol. The van der Waals surface area contributed by atoms with E-state index < -0.39 is 0 Å². The molecular weight excluding hydrogens is 202 g/mol. The minimum Gasteiger partial charge on any atom is -0.465 e. The van der Waals surface area contributed by atoms with Crippen LogP contribution in [0.4, 0.5) is 0 Å². The smallest absolute Gasteiger partial charge is 0.305 e. The van der Waals surface area contributed by atoms with Crippen molar-refractivity contribution in [2.45, 2.75) is 64.3 Å². The van der Waals surface area contributed by atoms with Gasteiger partial charge in [0.2, 0.25) is 0 Å². The molecule has 1 rings (SSSR count). The third kappa shape index (κ3) is 6.11. The summed E-state index contributed by atoms with van der Waals surface area (Å²) in [6.45, 7) is 4.48. The van der Waals surface area contributed by atoms with Gasteiger partial charge in [-0.3, -0.25) is 4.79 Å². The zero-order valence-corrected chi connectivity index (χ0v) is 10.6. The standard InChI is InChI=1S/C13H25NO2/c1-13(2,14)9-8-12(15)16-10-11-6-4-3-5-7-11/h11H,3-10,14H2,1-2H3. The fourth-order valence-corrected chi connectivity index (χ4v) is 2.06. The van der Waals surface area contributed by atoms with Crippen LogP contribution < -0.4 is 5.73 Å². The van der Waals surface area contributed by atoms with Gasteiger partial charge in [0.15, 0.2) is 0 Å². The molecule has 0 saturated heterocycles. The molecule has 1 aliphatic rings. The van der Waals surface area contributed by atoms with Crippen molar-refractivity contribution < 1.29 is 9.53 Å². The van der Waals surface area contributed by atoms with Crippen LogP contribution in [-0.2, 0) is 9.53 Å². The average Bonchev–Trinajstić information content (AvgIpc) is 2.24. The first-order chi connectivity index (χ1) is 7.47. The summed E-state index contributed by atoms with van der Waals surface area (Å²) in [6, 6.07) is 0. The lowest BCUT2D eigenvalue weighted by Gasteiger charge is -2.22. The van der Waals surface area contributed by atoms with Gasteiger partial charge in [0.25, 0.3) is 0 Å². The number of rotatable bonds is 5. The Hall–Kier alpha value is -0.570.